The van der Waals surface area contributed by atoms with Gasteiger partial charge in [0.1, 0.15) is 11.6 Å². The van der Waals surface area contributed by atoms with Crippen molar-refractivity contribution in [1.82, 2.24) is 19.4 Å². The summed E-state index contributed by atoms with van der Waals surface area (Å²) < 4.78 is 24.8. The summed E-state index contributed by atoms with van der Waals surface area (Å²) in [5.41, 5.74) is -1.96. The summed E-state index contributed by atoms with van der Waals surface area (Å²) in [5.74, 6) is -3.14. The van der Waals surface area contributed by atoms with E-state index in [0.29, 0.717) is 0 Å². The fourth-order valence-corrected chi connectivity index (χ4v) is 3.26. The minimum Gasteiger partial charge on any atom is -0.287 e. The van der Waals surface area contributed by atoms with Gasteiger partial charge in [-0.3, -0.25) is 14.4 Å². The Morgan fingerprint density at radius 3 is 2.18 bits per heavy atom. The Labute approximate surface area is 158 Å². The first kappa shape index (κ1) is 19.4. The topological polar surface area (TPSA) is 141 Å². The zero-order valence-electron chi connectivity index (χ0n) is 15.1. The number of aryl methyl sites for hydroxylation is 1. The maximum absolute atomic E-state index is 12.9. The molecule has 1 aliphatic heterocycles. The summed E-state index contributed by atoms with van der Waals surface area (Å²) in [6, 6.07) is 5.09. The predicted molar refractivity (Wildman–Crippen MR) is 97.2 cm³/mol. The molecule has 0 saturated carbocycles. The summed E-state index contributed by atoms with van der Waals surface area (Å²) >= 11 is 0. The lowest BCUT2D eigenvalue weighted by Gasteiger charge is -2.20. The second kappa shape index (κ2) is 6.64. The van der Waals surface area contributed by atoms with Crippen LogP contribution in [0.5, 0.6) is 0 Å². The van der Waals surface area contributed by atoms with Gasteiger partial charge in [0.25, 0.3) is 5.56 Å². The molecule has 1 aliphatic rings. The molecule has 0 N–H and O–H groups in total. The van der Waals surface area contributed by atoms with Crippen molar-refractivity contribution in [2.75, 3.05) is 13.3 Å². The lowest BCUT2D eigenvalue weighted by atomic mass is 10.00. The standard InChI is InChI=1S/C16H15N5O6S/c1-19-15(24)13(22)11(8-17-19)12-14(23)21(16(25)20(2)18-12)9-4-6-10(7-5-9)28(3,26)27/h4-8,11H,1-3H3. The summed E-state index contributed by atoms with van der Waals surface area (Å²) in [5, 5.41) is 8.43. The third kappa shape index (κ3) is 3.17. The predicted octanol–water partition coefficient (Wildman–Crippen LogP) is -1.55. The quantitative estimate of drug-likeness (QED) is 0.563. The minimum atomic E-state index is -3.46. The molecule has 1 atom stereocenters. The van der Waals surface area contributed by atoms with Gasteiger partial charge in [-0.05, 0) is 24.3 Å². The number of ketones is 1. The van der Waals surface area contributed by atoms with E-state index in [1.165, 1.54) is 38.4 Å². The van der Waals surface area contributed by atoms with Crippen LogP contribution in [-0.4, -0.2) is 59.0 Å². The van der Waals surface area contributed by atoms with Crippen molar-refractivity contribution in [3.63, 3.8) is 0 Å². The van der Waals surface area contributed by atoms with Gasteiger partial charge in [-0.25, -0.2) is 27.5 Å². The van der Waals surface area contributed by atoms with E-state index in [4.69, 9.17) is 0 Å². The maximum atomic E-state index is 12.9. The van der Waals surface area contributed by atoms with E-state index >= 15 is 0 Å². The number of hydrogen-bond donors (Lipinski definition) is 0. The lowest BCUT2D eigenvalue weighted by molar-refractivity contribution is -0.144. The van der Waals surface area contributed by atoms with Gasteiger partial charge in [-0.15, -0.1) is 0 Å². The smallest absolute Gasteiger partial charge is 0.287 e. The van der Waals surface area contributed by atoms with Crippen molar-refractivity contribution in [2.24, 2.45) is 12.1 Å². The monoisotopic (exact) mass is 405 g/mol. The summed E-state index contributed by atoms with van der Waals surface area (Å²) in [4.78, 5) is 49.5. The number of amides is 1. The molecule has 146 valence electrons. The van der Waals surface area contributed by atoms with Crippen LogP contribution >= 0.6 is 0 Å². The number of sulfone groups is 1. The zero-order chi connectivity index (χ0) is 20.8. The molecule has 11 nitrogen and oxygen atoms in total. The van der Waals surface area contributed by atoms with Crippen LogP contribution in [0.4, 0.5) is 0 Å². The van der Waals surface area contributed by atoms with E-state index < -0.39 is 38.7 Å². The Morgan fingerprint density at radius 2 is 1.61 bits per heavy atom. The number of rotatable bonds is 3. The third-order valence-corrected chi connectivity index (χ3v) is 5.27. The Kier molecular flexibility index (Phi) is 4.59. The molecule has 1 aromatic carbocycles. The molecular weight excluding hydrogens is 390 g/mol. The molecule has 2 heterocycles. The van der Waals surface area contributed by atoms with E-state index in [1.54, 1.807) is 0 Å². The highest BCUT2D eigenvalue weighted by Gasteiger charge is 2.35. The van der Waals surface area contributed by atoms with Crippen LogP contribution in [0.15, 0.2) is 43.9 Å². The molecule has 0 saturated heterocycles. The summed E-state index contributed by atoms with van der Waals surface area (Å²) in [6.45, 7) is 0. The van der Waals surface area contributed by atoms with Crippen molar-refractivity contribution < 1.29 is 18.0 Å². The van der Waals surface area contributed by atoms with Gasteiger partial charge in [-0.2, -0.15) is 10.2 Å². The van der Waals surface area contributed by atoms with E-state index in [0.717, 1.165) is 26.7 Å². The molecule has 0 aliphatic carbocycles. The highest BCUT2D eigenvalue weighted by atomic mass is 32.2. The minimum absolute atomic E-state index is 0.0126. The van der Waals surface area contributed by atoms with Crippen molar-refractivity contribution in [1.29, 1.82) is 0 Å². The number of likely N-dealkylation sites (N-methyl/N-ethyl adjacent to an activating group) is 1. The fourth-order valence-electron chi connectivity index (χ4n) is 2.63. The van der Waals surface area contributed by atoms with E-state index in [-0.39, 0.29) is 16.3 Å². The summed E-state index contributed by atoms with van der Waals surface area (Å²) in [7, 11) is -0.884. The summed E-state index contributed by atoms with van der Waals surface area (Å²) in [6.07, 6.45) is 2.13. The normalized spacial score (nSPS) is 17.2. The zero-order valence-corrected chi connectivity index (χ0v) is 15.9. The molecule has 28 heavy (non-hydrogen) atoms. The lowest BCUT2D eigenvalue weighted by Crippen LogP contribution is -2.46. The average molecular weight is 405 g/mol. The van der Waals surface area contributed by atoms with Gasteiger partial charge >= 0.3 is 11.6 Å². The van der Waals surface area contributed by atoms with Crippen molar-refractivity contribution in [2.45, 2.75) is 10.8 Å². The highest BCUT2D eigenvalue weighted by Crippen LogP contribution is 2.15. The number of carbonyl (C=O) groups excluding carboxylic acids is 2. The Morgan fingerprint density at radius 1 is 1.00 bits per heavy atom. The number of hydrogen-bond acceptors (Lipinski definition) is 8. The van der Waals surface area contributed by atoms with E-state index in [1.807, 2.05) is 0 Å². The molecule has 3 rings (SSSR count). The molecule has 1 unspecified atom stereocenters. The molecule has 0 spiro atoms. The number of carbonyl (C=O) groups is 2. The van der Waals surface area contributed by atoms with Gasteiger partial charge in [0, 0.05) is 26.6 Å². The molecule has 2 aromatic rings. The third-order valence-electron chi connectivity index (χ3n) is 4.14. The number of hydrazone groups is 1. The maximum Gasteiger partial charge on any atom is 0.351 e. The number of nitrogens with zero attached hydrogens (tertiary/aromatic N) is 5. The fraction of sp³-hybridized carbons (Fsp3) is 0.250. The number of aromatic nitrogens is 3. The Balaban J connectivity index is 2.21. The molecule has 0 radical (unpaired) electrons. The average Bonchev–Trinajstić information content (AvgIpc) is 2.63. The van der Waals surface area contributed by atoms with Gasteiger partial charge in [0.05, 0.1) is 10.6 Å². The van der Waals surface area contributed by atoms with Crippen molar-refractivity contribution >= 4 is 27.7 Å². The number of Topliss-reactive ketones (excluding diaryl/α,β-unsaturated/α-hetero) is 1. The first-order valence-corrected chi connectivity index (χ1v) is 9.78. The molecule has 1 aromatic heterocycles. The van der Waals surface area contributed by atoms with Gasteiger partial charge in [-0.1, -0.05) is 0 Å². The Hall–Kier alpha value is -3.41. The van der Waals surface area contributed by atoms with Crippen LogP contribution in [0.2, 0.25) is 0 Å². The SMILES string of the molecule is CN1N=CC(c2nn(C)c(=O)n(-c3ccc(S(C)(=O)=O)cc3)c2=O)C(=O)C1=O. The van der Waals surface area contributed by atoms with Gasteiger partial charge in [0.15, 0.2) is 9.84 Å². The second-order valence-electron chi connectivity index (χ2n) is 6.13. The second-order valence-corrected chi connectivity index (χ2v) is 8.15. The molecule has 0 fully saturated rings. The highest BCUT2D eigenvalue weighted by molar-refractivity contribution is 7.90. The molecule has 1 amide bonds. The van der Waals surface area contributed by atoms with Crippen molar-refractivity contribution in [3.05, 3.63) is 50.8 Å². The van der Waals surface area contributed by atoms with Crippen LogP contribution in [0.1, 0.15) is 11.6 Å². The van der Waals surface area contributed by atoms with Crippen LogP contribution in [0.3, 0.4) is 0 Å². The van der Waals surface area contributed by atoms with Crippen LogP contribution < -0.4 is 11.2 Å². The first-order valence-electron chi connectivity index (χ1n) is 7.89. The molecule has 0 bridgehead atoms. The Bertz CT molecular complexity index is 1240. The van der Waals surface area contributed by atoms with Crippen LogP contribution in [-0.2, 0) is 26.5 Å². The van der Waals surface area contributed by atoms with Crippen molar-refractivity contribution in [3.8, 4) is 5.69 Å². The van der Waals surface area contributed by atoms with Gasteiger partial charge in [0.2, 0.25) is 5.78 Å². The first-order chi connectivity index (χ1) is 13.0. The van der Waals surface area contributed by atoms with Crippen LogP contribution in [0, 0.1) is 0 Å². The molecular formula is C16H15N5O6S. The van der Waals surface area contributed by atoms with E-state index in [9.17, 15) is 27.6 Å². The van der Waals surface area contributed by atoms with Crippen LogP contribution in [0.25, 0.3) is 5.69 Å². The molecule has 12 heteroatoms. The number of benzene rings is 1. The van der Waals surface area contributed by atoms with E-state index in [2.05, 4.69) is 10.2 Å². The van der Waals surface area contributed by atoms with Gasteiger partial charge < -0.3 is 0 Å². The largest absolute Gasteiger partial charge is 0.351 e.